The van der Waals surface area contributed by atoms with Gasteiger partial charge in [0.1, 0.15) is 5.75 Å². The van der Waals surface area contributed by atoms with Crippen LogP contribution in [-0.4, -0.2) is 6.61 Å². The molecule has 0 radical (unpaired) electrons. The summed E-state index contributed by atoms with van der Waals surface area (Å²) in [5.74, 6) is 0.886. The van der Waals surface area contributed by atoms with E-state index in [4.69, 9.17) is 10.5 Å². The van der Waals surface area contributed by atoms with E-state index in [9.17, 15) is 0 Å². The molecule has 2 heteroatoms. The molecule has 0 saturated carbocycles. The van der Waals surface area contributed by atoms with Gasteiger partial charge in [-0.1, -0.05) is 42.0 Å². The third kappa shape index (κ3) is 2.90. The molecule has 2 N–H and O–H groups in total. The molecule has 0 aromatic heterocycles. The molecule has 0 heterocycles. The second kappa shape index (κ2) is 5.69. The fourth-order valence-corrected chi connectivity index (χ4v) is 1.90. The van der Waals surface area contributed by atoms with Crippen LogP contribution in [0.4, 0.5) is 0 Å². The van der Waals surface area contributed by atoms with Crippen molar-refractivity contribution in [3.8, 4) is 5.75 Å². The highest BCUT2D eigenvalue weighted by atomic mass is 16.5. The van der Waals surface area contributed by atoms with Crippen molar-refractivity contribution in [2.24, 2.45) is 5.73 Å². The van der Waals surface area contributed by atoms with Crippen LogP contribution in [0.1, 0.15) is 29.7 Å². The monoisotopic (exact) mass is 241 g/mol. The number of rotatable bonds is 4. The molecule has 0 spiro atoms. The molecule has 0 fully saturated rings. The molecule has 1 atom stereocenters. The smallest absolute Gasteiger partial charge is 0.119 e. The molecule has 0 aliphatic rings. The van der Waals surface area contributed by atoms with Crippen LogP contribution < -0.4 is 10.5 Å². The summed E-state index contributed by atoms with van der Waals surface area (Å²) >= 11 is 0. The Labute approximate surface area is 108 Å². The third-order valence-electron chi connectivity index (χ3n) is 2.99. The number of hydrogen-bond donors (Lipinski definition) is 1. The van der Waals surface area contributed by atoms with E-state index >= 15 is 0 Å². The Morgan fingerprint density at radius 1 is 0.944 bits per heavy atom. The Morgan fingerprint density at radius 3 is 1.94 bits per heavy atom. The van der Waals surface area contributed by atoms with Crippen molar-refractivity contribution < 1.29 is 4.74 Å². The van der Waals surface area contributed by atoms with E-state index in [-0.39, 0.29) is 6.04 Å². The SMILES string of the molecule is CCOc1ccc(C(N)c2ccc(C)cc2)cc1. The first-order valence-corrected chi connectivity index (χ1v) is 6.25. The van der Waals surface area contributed by atoms with Crippen LogP contribution in [0.2, 0.25) is 0 Å². The van der Waals surface area contributed by atoms with E-state index in [2.05, 4.69) is 31.2 Å². The highest BCUT2D eigenvalue weighted by Gasteiger charge is 2.08. The molecule has 0 amide bonds. The van der Waals surface area contributed by atoms with E-state index in [1.165, 1.54) is 5.56 Å². The van der Waals surface area contributed by atoms with Crippen LogP contribution in [0.25, 0.3) is 0 Å². The Bertz CT molecular complexity index is 488. The highest BCUT2D eigenvalue weighted by molar-refractivity contribution is 5.35. The highest BCUT2D eigenvalue weighted by Crippen LogP contribution is 2.22. The summed E-state index contributed by atoms with van der Waals surface area (Å²) < 4.78 is 5.42. The van der Waals surface area contributed by atoms with Crippen molar-refractivity contribution in [2.75, 3.05) is 6.61 Å². The number of aryl methyl sites for hydroxylation is 1. The Hall–Kier alpha value is -1.80. The third-order valence-corrected chi connectivity index (χ3v) is 2.99. The Morgan fingerprint density at radius 2 is 1.44 bits per heavy atom. The normalized spacial score (nSPS) is 12.2. The molecule has 1 unspecified atom stereocenters. The summed E-state index contributed by atoms with van der Waals surface area (Å²) in [6, 6.07) is 16.2. The molecule has 0 bridgehead atoms. The van der Waals surface area contributed by atoms with Gasteiger partial charge in [0.05, 0.1) is 12.6 Å². The first-order chi connectivity index (χ1) is 8.70. The zero-order valence-corrected chi connectivity index (χ0v) is 10.9. The van der Waals surface area contributed by atoms with Crippen LogP contribution in [0, 0.1) is 6.92 Å². The molecule has 2 aromatic rings. The van der Waals surface area contributed by atoms with Crippen LogP contribution in [0.3, 0.4) is 0 Å². The number of benzene rings is 2. The van der Waals surface area contributed by atoms with Crippen LogP contribution in [0.5, 0.6) is 5.75 Å². The minimum absolute atomic E-state index is 0.0822. The first-order valence-electron chi connectivity index (χ1n) is 6.25. The van der Waals surface area contributed by atoms with E-state index in [0.717, 1.165) is 16.9 Å². The summed E-state index contributed by atoms with van der Waals surface area (Å²) in [5.41, 5.74) is 9.73. The van der Waals surface area contributed by atoms with Gasteiger partial charge in [0.2, 0.25) is 0 Å². The number of nitrogens with two attached hydrogens (primary N) is 1. The van der Waals surface area contributed by atoms with Gasteiger partial charge in [-0.3, -0.25) is 0 Å². The van der Waals surface area contributed by atoms with Crippen molar-refractivity contribution in [3.05, 3.63) is 65.2 Å². The molecule has 94 valence electrons. The van der Waals surface area contributed by atoms with Gasteiger partial charge in [0.15, 0.2) is 0 Å². The van der Waals surface area contributed by atoms with Crippen molar-refractivity contribution in [1.29, 1.82) is 0 Å². The molecular formula is C16H19NO. The van der Waals surface area contributed by atoms with Crippen molar-refractivity contribution in [1.82, 2.24) is 0 Å². The van der Waals surface area contributed by atoms with Crippen molar-refractivity contribution >= 4 is 0 Å². The summed E-state index contributed by atoms with van der Waals surface area (Å²) in [6.45, 7) is 4.74. The molecule has 2 rings (SSSR count). The van der Waals surface area contributed by atoms with Gasteiger partial charge in [-0.25, -0.2) is 0 Å². The van der Waals surface area contributed by atoms with E-state index in [1.54, 1.807) is 0 Å². The van der Waals surface area contributed by atoms with Gasteiger partial charge in [0.25, 0.3) is 0 Å². The zero-order chi connectivity index (χ0) is 13.0. The minimum atomic E-state index is -0.0822. The summed E-state index contributed by atoms with van der Waals surface area (Å²) in [5, 5.41) is 0. The van der Waals surface area contributed by atoms with Crippen molar-refractivity contribution in [2.45, 2.75) is 19.9 Å². The van der Waals surface area contributed by atoms with Gasteiger partial charge >= 0.3 is 0 Å². The molecule has 2 nitrogen and oxygen atoms in total. The molecule has 2 aromatic carbocycles. The summed E-state index contributed by atoms with van der Waals surface area (Å²) in [4.78, 5) is 0. The molecule has 0 saturated heterocycles. The lowest BCUT2D eigenvalue weighted by Gasteiger charge is -2.13. The van der Waals surface area contributed by atoms with Crippen LogP contribution in [-0.2, 0) is 0 Å². The Balaban J connectivity index is 2.17. The standard InChI is InChI=1S/C16H19NO/c1-3-18-15-10-8-14(9-11-15)16(17)13-6-4-12(2)5-7-13/h4-11,16H,3,17H2,1-2H3. The molecular weight excluding hydrogens is 222 g/mol. The fourth-order valence-electron chi connectivity index (χ4n) is 1.90. The van der Waals surface area contributed by atoms with E-state index in [1.807, 2.05) is 31.2 Å². The number of ether oxygens (including phenoxy) is 1. The van der Waals surface area contributed by atoms with E-state index in [0.29, 0.717) is 6.61 Å². The van der Waals surface area contributed by atoms with Crippen molar-refractivity contribution in [3.63, 3.8) is 0 Å². The van der Waals surface area contributed by atoms with Gasteiger partial charge in [-0.2, -0.15) is 0 Å². The average Bonchev–Trinajstić information content (AvgIpc) is 2.40. The van der Waals surface area contributed by atoms with Gasteiger partial charge in [-0.15, -0.1) is 0 Å². The van der Waals surface area contributed by atoms with Gasteiger partial charge < -0.3 is 10.5 Å². The molecule has 0 aliphatic heterocycles. The lowest BCUT2D eigenvalue weighted by Crippen LogP contribution is -2.11. The average molecular weight is 241 g/mol. The van der Waals surface area contributed by atoms with Crippen LogP contribution >= 0.6 is 0 Å². The van der Waals surface area contributed by atoms with Crippen LogP contribution in [0.15, 0.2) is 48.5 Å². The van der Waals surface area contributed by atoms with Gasteiger partial charge in [0, 0.05) is 0 Å². The Kier molecular flexibility index (Phi) is 4.00. The summed E-state index contributed by atoms with van der Waals surface area (Å²) in [7, 11) is 0. The fraction of sp³-hybridized carbons (Fsp3) is 0.250. The lowest BCUT2D eigenvalue weighted by atomic mass is 9.99. The predicted molar refractivity (Wildman–Crippen MR) is 74.8 cm³/mol. The van der Waals surface area contributed by atoms with E-state index < -0.39 is 0 Å². The number of hydrogen-bond acceptors (Lipinski definition) is 2. The summed E-state index contributed by atoms with van der Waals surface area (Å²) in [6.07, 6.45) is 0. The second-order valence-electron chi connectivity index (χ2n) is 4.39. The maximum Gasteiger partial charge on any atom is 0.119 e. The second-order valence-corrected chi connectivity index (χ2v) is 4.39. The largest absolute Gasteiger partial charge is 0.494 e. The van der Waals surface area contributed by atoms with Gasteiger partial charge in [-0.05, 0) is 37.1 Å². The molecule has 0 aliphatic carbocycles. The first kappa shape index (κ1) is 12.7. The molecule has 18 heavy (non-hydrogen) atoms. The predicted octanol–water partition coefficient (Wildman–Crippen LogP) is 3.44. The maximum atomic E-state index is 6.25. The quantitative estimate of drug-likeness (QED) is 0.890. The zero-order valence-electron chi connectivity index (χ0n) is 10.9. The topological polar surface area (TPSA) is 35.2 Å². The minimum Gasteiger partial charge on any atom is -0.494 e. The lowest BCUT2D eigenvalue weighted by molar-refractivity contribution is 0.340. The maximum absolute atomic E-state index is 6.25.